The molecule has 1 aromatic carbocycles. The van der Waals surface area contributed by atoms with Gasteiger partial charge in [0.15, 0.2) is 0 Å². The maximum Gasteiger partial charge on any atom is 0.266 e. The number of hydrogen-bond acceptors (Lipinski definition) is 5. The van der Waals surface area contributed by atoms with Crippen LogP contribution in [0.25, 0.3) is 0 Å². The molecule has 0 radical (unpaired) electrons. The van der Waals surface area contributed by atoms with E-state index in [-0.39, 0.29) is 16.4 Å². The molecule has 0 atom stereocenters. The molecule has 19 heavy (non-hydrogen) atoms. The minimum atomic E-state index is -3.55. The van der Waals surface area contributed by atoms with Crippen LogP contribution in [0.2, 0.25) is 0 Å². The quantitative estimate of drug-likeness (QED) is 0.756. The maximum absolute atomic E-state index is 11.1. The van der Waals surface area contributed by atoms with Gasteiger partial charge < -0.3 is 0 Å². The first-order chi connectivity index (χ1) is 8.92. The molecule has 8 heteroatoms. The van der Waals surface area contributed by atoms with Gasteiger partial charge in [-0.3, -0.25) is 14.4 Å². The van der Waals surface area contributed by atoms with E-state index in [0.29, 0.717) is 6.42 Å². The highest BCUT2D eigenvalue weighted by atomic mass is 32.2. The fourth-order valence-corrected chi connectivity index (χ4v) is 2.48. The summed E-state index contributed by atoms with van der Waals surface area (Å²) >= 11 is 0. The number of benzene rings is 1. The van der Waals surface area contributed by atoms with Crippen LogP contribution >= 0.6 is 0 Å². The Bertz CT molecular complexity index is 583. The third kappa shape index (κ3) is 3.76. The van der Waals surface area contributed by atoms with Gasteiger partial charge in [0.1, 0.15) is 4.90 Å². The van der Waals surface area contributed by atoms with E-state index in [2.05, 4.69) is 10.3 Å². The maximum atomic E-state index is 11.1. The molecule has 1 aliphatic rings. The molecule has 0 saturated carbocycles. The number of carbonyl (C=O) groups is 2. The lowest BCUT2D eigenvalue weighted by Crippen LogP contribution is -2.20. The number of carbonyl (C=O) groups excluding carboxylic acids is 2. The van der Waals surface area contributed by atoms with Crippen molar-refractivity contribution < 1.29 is 22.8 Å². The van der Waals surface area contributed by atoms with Crippen molar-refractivity contribution in [3.8, 4) is 0 Å². The number of amides is 2. The van der Waals surface area contributed by atoms with Crippen LogP contribution in [0.3, 0.4) is 0 Å². The molecule has 0 saturated heterocycles. The van der Waals surface area contributed by atoms with Gasteiger partial charge in [-0.25, -0.2) is 18.6 Å². The Hall–Kier alpha value is -1.93. The van der Waals surface area contributed by atoms with Crippen LogP contribution in [0.15, 0.2) is 29.2 Å². The lowest BCUT2D eigenvalue weighted by Gasteiger charge is -1.94. The van der Waals surface area contributed by atoms with Gasteiger partial charge in [-0.2, -0.15) is 0 Å². The molecular weight excluding hydrogens is 272 g/mol. The molecule has 0 bridgehead atoms. The van der Waals surface area contributed by atoms with Crippen molar-refractivity contribution in [1.29, 1.82) is 0 Å². The Morgan fingerprint density at radius 3 is 2.47 bits per heavy atom. The molecule has 0 fully saturated rings. The summed E-state index contributed by atoms with van der Waals surface area (Å²) in [6.07, 6.45) is 0.466. The van der Waals surface area contributed by atoms with E-state index < -0.39 is 15.9 Å². The van der Waals surface area contributed by atoms with Gasteiger partial charge in [0.05, 0.1) is 12.7 Å². The van der Waals surface area contributed by atoms with E-state index in [9.17, 15) is 18.0 Å². The molecule has 0 spiro atoms. The van der Waals surface area contributed by atoms with Crippen molar-refractivity contribution in [2.45, 2.75) is 18.2 Å². The first-order valence-corrected chi connectivity index (χ1v) is 6.88. The summed E-state index contributed by atoms with van der Waals surface area (Å²) < 4.78 is 24.2. The van der Waals surface area contributed by atoms with Crippen LogP contribution in [0.1, 0.15) is 23.7 Å². The van der Waals surface area contributed by atoms with Crippen molar-refractivity contribution in [1.82, 2.24) is 10.2 Å². The van der Waals surface area contributed by atoms with Crippen LogP contribution in [-0.4, -0.2) is 27.3 Å². The average molecular weight is 286 g/mol. The number of sulfonamides is 1. The highest BCUT2D eigenvalue weighted by Crippen LogP contribution is 2.20. The molecule has 0 aromatic heterocycles. The molecule has 0 aliphatic carbocycles. The molecule has 1 aliphatic heterocycles. The van der Waals surface area contributed by atoms with Crippen LogP contribution in [-0.2, 0) is 19.7 Å². The predicted molar refractivity (Wildman–Crippen MR) is 66.5 cm³/mol. The molecule has 1 aromatic rings. The number of nitrogens with one attached hydrogen (secondary N) is 2. The minimum absolute atomic E-state index is 0.0648. The lowest BCUT2D eigenvalue weighted by molar-refractivity contribution is -0.130. The van der Waals surface area contributed by atoms with E-state index in [0.717, 1.165) is 0 Å². The molecule has 2 amide bonds. The molecule has 0 unspecified atom stereocenters. The SMILES string of the molecule is CCC(=O)NOC.O=C1NS(=O)(=O)c2ccccc21. The topological polar surface area (TPSA) is 102 Å². The normalized spacial score (nSPS) is 14.7. The van der Waals surface area contributed by atoms with Gasteiger partial charge in [-0.1, -0.05) is 19.1 Å². The van der Waals surface area contributed by atoms with Crippen molar-refractivity contribution >= 4 is 21.8 Å². The van der Waals surface area contributed by atoms with Crippen LogP contribution in [0.4, 0.5) is 0 Å². The second-order valence-corrected chi connectivity index (χ2v) is 5.16. The highest BCUT2D eigenvalue weighted by molar-refractivity contribution is 7.90. The third-order valence-corrected chi connectivity index (χ3v) is 3.57. The Kier molecular flexibility index (Phi) is 5.02. The van der Waals surface area contributed by atoms with Crippen molar-refractivity contribution in [3.05, 3.63) is 29.8 Å². The summed E-state index contributed by atoms with van der Waals surface area (Å²) in [6, 6.07) is 6.09. The van der Waals surface area contributed by atoms with Gasteiger partial charge in [0, 0.05) is 6.42 Å². The van der Waals surface area contributed by atoms with E-state index in [1.54, 1.807) is 19.1 Å². The summed E-state index contributed by atoms with van der Waals surface area (Å²) in [7, 11) is -2.14. The number of hydrogen-bond donors (Lipinski definition) is 2. The molecule has 1 heterocycles. The van der Waals surface area contributed by atoms with Gasteiger partial charge in [0.25, 0.3) is 15.9 Å². The first kappa shape index (κ1) is 15.1. The van der Waals surface area contributed by atoms with Crippen LogP contribution < -0.4 is 10.2 Å². The Labute approximate surface area is 111 Å². The first-order valence-electron chi connectivity index (χ1n) is 5.40. The molecule has 104 valence electrons. The van der Waals surface area contributed by atoms with Gasteiger partial charge in [-0.05, 0) is 12.1 Å². The lowest BCUT2D eigenvalue weighted by atomic mass is 10.2. The standard InChI is InChI=1S/C7H5NO3S.C4H9NO2/c9-7-5-3-1-2-4-6(5)12(10,11)8-7;1-3-4(6)5-7-2/h1-4H,(H,8,9);3H2,1-2H3,(H,5,6). The predicted octanol–water partition coefficient (Wildman–Crippen LogP) is 0.193. The summed E-state index contributed by atoms with van der Waals surface area (Å²) in [6.45, 7) is 1.76. The summed E-state index contributed by atoms with van der Waals surface area (Å²) in [5.41, 5.74) is 2.38. The van der Waals surface area contributed by atoms with E-state index >= 15 is 0 Å². The Morgan fingerprint density at radius 2 is 2.00 bits per heavy atom. The largest absolute Gasteiger partial charge is 0.277 e. The van der Waals surface area contributed by atoms with Crippen LogP contribution in [0.5, 0.6) is 0 Å². The molecular formula is C11H14N2O5S. The summed E-state index contributed by atoms with van der Waals surface area (Å²) in [5, 5.41) is 0. The minimum Gasteiger partial charge on any atom is -0.277 e. The van der Waals surface area contributed by atoms with E-state index in [1.807, 2.05) is 4.72 Å². The van der Waals surface area contributed by atoms with Gasteiger partial charge in [-0.15, -0.1) is 0 Å². The van der Waals surface area contributed by atoms with Crippen molar-refractivity contribution in [2.24, 2.45) is 0 Å². The molecule has 2 N–H and O–H groups in total. The number of fused-ring (bicyclic) bond motifs is 1. The fraction of sp³-hybridized carbons (Fsp3) is 0.273. The second-order valence-electron chi connectivity index (χ2n) is 3.51. The number of rotatable bonds is 2. The monoisotopic (exact) mass is 286 g/mol. The van der Waals surface area contributed by atoms with E-state index in [1.165, 1.54) is 19.2 Å². The third-order valence-electron chi connectivity index (χ3n) is 2.19. The van der Waals surface area contributed by atoms with Gasteiger partial charge >= 0.3 is 0 Å². The van der Waals surface area contributed by atoms with Gasteiger partial charge in [0.2, 0.25) is 5.91 Å². The Morgan fingerprint density at radius 1 is 1.37 bits per heavy atom. The second kappa shape index (κ2) is 6.30. The Balaban J connectivity index is 0.000000224. The zero-order chi connectivity index (χ0) is 14.5. The average Bonchev–Trinajstić information content (AvgIpc) is 2.62. The summed E-state index contributed by atoms with van der Waals surface area (Å²) in [4.78, 5) is 25.5. The fourth-order valence-electron chi connectivity index (χ4n) is 1.31. The van der Waals surface area contributed by atoms with Crippen molar-refractivity contribution in [3.63, 3.8) is 0 Å². The zero-order valence-corrected chi connectivity index (χ0v) is 11.3. The zero-order valence-electron chi connectivity index (χ0n) is 10.5. The highest BCUT2D eigenvalue weighted by Gasteiger charge is 2.31. The smallest absolute Gasteiger partial charge is 0.266 e. The summed E-state index contributed by atoms with van der Waals surface area (Å²) in [5.74, 6) is -0.645. The number of hydroxylamine groups is 1. The molecule has 2 rings (SSSR count). The van der Waals surface area contributed by atoms with E-state index in [4.69, 9.17) is 0 Å². The van der Waals surface area contributed by atoms with Crippen LogP contribution in [0, 0.1) is 0 Å². The van der Waals surface area contributed by atoms with Crippen molar-refractivity contribution in [2.75, 3.05) is 7.11 Å². The molecule has 7 nitrogen and oxygen atoms in total.